The lowest BCUT2D eigenvalue weighted by molar-refractivity contribution is 0.476. The van der Waals surface area contributed by atoms with E-state index in [1.165, 1.54) is 38.2 Å². The predicted octanol–water partition coefficient (Wildman–Crippen LogP) is 11.2. The maximum absolute atomic E-state index is 6.39. The first-order valence-electron chi connectivity index (χ1n) is 14.6. The average Bonchev–Trinajstić information content (AvgIpc) is 3.42. The fourth-order valence-corrected chi connectivity index (χ4v) is 6.78. The molecule has 9 rings (SSSR count). The lowest BCUT2D eigenvalue weighted by atomic mass is 9.93. The van der Waals surface area contributed by atoms with Crippen molar-refractivity contribution in [3.8, 4) is 28.3 Å². The SMILES string of the molecule is c1ccc(N(c2ccccc2)c2ccc(-c3cccc4c3c3cccc5c3n4-c3ccccc3O5)c3ccccc23)cc1. The highest BCUT2D eigenvalue weighted by atomic mass is 16.5. The summed E-state index contributed by atoms with van der Waals surface area (Å²) in [6.45, 7) is 0. The molecule has 0 saturated heterocycles. The van der Waals surface area contributed by atoms with Gasteiger partial charge in [0, 0.05) is 27.5 Å². The van der Waals surface area contributed by atoms with Gasteiger partial charge in [-0.05, 0) is 71.1 Å². The van der Waals surface area contributed by atoms with Gasteiger partial charge in [0.05, 0.1) is 22.4 Å². The van der Waals surface area contributed by atoms with Crippen molar-refractivity contribution >= 4 is 49.6 Å². The summed E-state index contributed by atoms with van der Waals surface area (Å²) in [6.07, 6.45) is 0. The molecule has 2 heterocycles. The fraction of sp³-hybridized carbons (Fsp3) is 0. The number of rotatable bonds is 4. The molecule has 1 aliphatic rings. The van der Waals surface area contributed by atoms with Crippen LogP contribution in [0.2, 0.25) is 0 Å². The second kappa shape index (κ2) is 9.37. The predicted molar refractivity (Wildman–Crippen MR) is 178 cm³/mol. The molecule has 0 aliphatic carbocycles. The van der Waals surface area contributed by atoms with Crippen LogP contribution in [0.1, 0.15) is 0 Å². The highest BCUT2D eigenvalue weighted by Crippen LogP contribution is 2.49. The molecular weight excluding hydrogens is 524 g/mol. The number of hydrogen-bond donors (Lipinski definition) is 0. The van der Waals surface area contributed by atoms with E-state index < -0.39 is 0 Å². The number of hydrogen-bond acceptors (Lipinski definition) is 2. The zero-order valence-corrected chi connectivity index (χ0v) is 23.3. The molecule has 0 atom stereocenters. The molecule has 0 bridgehead atoms. The van der Waals surface area contributed by atoms with Crippen molar-refractivity contribution in [2.24, 2.45) is 0 Å². The van der Waals surface area contributed by atoms with Crippen LogP contribution in [0.25, 0.3) is 49.4 Å². The number of aromatic nitrogens is 1. The van der Waals surface area contributed by atoms with Crippen LogP contribution in [0.5, 0.6) is 11.5 Å². The maximum atomic E-state index is 6.39. The van der Waals surface area contributed by atoms with Gasteiger partial charge in [-0.25, -0.2) is 0 Å². The Morgan fingerprint density at radius 2 is 1.07 bits per heavy atom. The summed E-state index contributed by atoms with van der Waals surface area (Å²) in [5.41, 5.74) is 9.19. The minimum Gasteiger partial charge on any atom is -0.453 e. The fourth-order valence-electron chi connectivity index (χ4n) is 6.78. The minimum atomic E-state index is 0.877. The van der Waals surface area contributed by atoms with Gasteiger partial charge in [-0.15, -0.1) is 0 Å². The first kappa shape index (κ1) is 23.9. The van der Waals surface area contributed by atoms with E-state index in [0.717, 1.165) is 39.8 Å². The van der Waals surface area contributed by atoms with Crippen LogP contribution in [-0.4, -0.2) is 4.57 Å². The van der Waals surface area contributed by atoms with Crippen LogP contribution in [0.15, 0.2) is 158 Å². The standard InChI is InChI=1S/C40H26N2O/c1-3-13-27(14-4-1)41(28-15-5-2-6-16-28)34-26-25-30(29-17-7-8-18-31(29)34)32-19-11-22-36-39(32)33-20-12-24-38-40(33)42(36)35-21-9-10-23-37(35)43-38/h1-26H. The summed E-state index contributed by atoms with van der Waals surface area (Å²) in [6, 6.07) is 55.9. The maximum Gasteiger partial charge on any atom is 0.152 e. The van der Waals surface area contributed by atoms with E-state index in [0.29, 0.717) is 0 Å². The molecule has 0 fully saturated rings. The van der Waals surface area contributed by atoms with Crippen LogP contribution >= 0.6 is 0 Å². The Labute approximate surface area is 249 Å². The third kappa shape index (κ3) is 3.55. The van der Waals surface area contributed by atoms with Gasteiger partial charge in [0.25, 0.3) is 0 Å². The van der Waals surface area contributed by atoms with Crippen LogP contribution in [0, 0.1) is 0 Å². The summed E-state index contributed by atoms with van der Waals surface area (Å²) in [5, 5.41) is 4.85. The van der Waals surface area contributed by atoms with Crippen LogP contribution in [0.4, 0.5) is 17.1 Å². The van der Waals surface area contributed by atoms with Crippen molar-refractivity contribution in [3.63, 3.8) is 0 Å². The molecule has 43 heavy (non-hydrogen) atoms. The van der Waals surface area contributed by atoms with Gasteiger partial charge in [-0.3, -0.25) is 0 Å². The lowest BCUT2D eigenvalue weighted by Crippen LogP contribution is -2.10. The second-order valence-electron chi connectivity index (χ2n) is 10.9. The van der Waals surface area contributed by atoms with E-state index in [-0.39, 0.29) is 0 Å². The van der Waals surface area contributed by atoms with Crippen LogP contribution in [-0.2, 0) is 0 Å². The Morgan fingerprint density at radius 1 is 0.442 bits per heavy atom. The van der Waals surface area contributed by atoms with Crippen LogP contribution in [0.3, 0.4) is 0 Å². The van der Waals surface area contributed by atoms with E-state index in [2.05, 4.69) is 155 Å². The van der Waals surface area contributed by atoms with Crippen molar-refractivity contribution < 1.29 is 4.74 Å². The van der Waals surface area contributed by atoms with Gasteiger partial charge in [-0.1, -0.05) is 103 Å². The zero-order chi connectivity index (χ0) is 28.3. The molecule has 0 radical (unpaired) electrons. The molecule has 202 valence electrons. The van der Waals surface area contributed by atoms with E-state index in [1.807, 2.05) is 12.1 Å². The first-order valence-corrected chi connectivity index (χ1v) is 14.6. The van der Waals surface area contributed by atoms with Gasteiger partial charge in [0.2, 0.25) is 0 Å². The Morgan fingerprint density at radius 3 is 1.86 bits per heavy atom. The van der Waals surface area contributed by atoms with E-state index >= 15 is 0 Å². The van der Waals surface area contributed by atoms with E-state index in [4.69, 9.17) is 4.74 Å². The summed E-state index contributed by atoms with van der Waals surface area (Å²) in [5.74, 6) is 1.77. The lowest BCUT2D eigenvalue weighted by Gasteiger charge is -2.27. The Hall–Kier alpha value is -5.80. The molecule has 7 aromatic carbocycles. The third-order valence-corrected chi connectivity index (χ3v) is 8.56. The van der Waals surface area contributed by atoms with Crippen molar-refractivity contribution in [3.05, 3.63) is 158 Å². The molecule has 1 aliphatic heterocycles. The Balaban J connectivity index is 1.33. The number of fused-ring (bicyclic) bond motifs is 6. The van der Waals surface area contributed by atoms with Crippen molar-refractivity contribution in [2.75, 3.05) is 4.90 Å². The molecule has 3 heteroatoms. The molecule has 0 N–H and O–H groups in total. The minimum absolute atomic E-state index is 0.877. The Bertz CT molecular complexity index is 2280. The largest absolute Gasteiger partial charge is 0.453 e. The summed E-state index contributed by atoms with van der Waals surface area (Å²) >= 11 is 0. The van der Waals surface area contributed by atoms with Crippen molar-refractivity contribution in [1.82, 2.24) is 4.57 Å². The van der Waals surface area contributed by atoms with Gasteiger partial charge in [0.15, 0.2) is 11.5 Å². The number of benzene rings is 7. The van der Waals surface area contributed by atoms with Gasteiger partial charge >= 0.3 is 0 Å². The van der Waals surface area contributed by atoms with Gasteiger partial charge < -0.3 is 14.2 Å². The zero-order valence-electron chi connectivity index (χ0n) is 23.3. The molecule has 0 unspecified atom stereocenters. The van der Waals surface area contributed by atoms with Crippen LogP contribution < -0.4 is 9.64 Å². The highest BCUT2D eigenvalue weighted by molar-refractivity contribution is 6.20. The van der Waals surface area contributed by atoms with E-state index in [1.54, 1.807) is 0 Å². The van der Waals surface area contributed by atoms with Gasteiger partial charge in [0.1, 0.15) is 0 Å². The van der Waals surface area contributed by atoms with Crippen molar-refractivity contribution in [1.29, 1.82) is 0 Å². The number of nitrogens with zero attached hydrogens (tertiary/aromatic N) is 2. The molecule has 3 nitrogen and oxygen atoms in total. The van der Waals surface area contributed by atoms with Crippen molar-refractivity contribution in [2.45, 2.75) is 0 Å². The molecule has 0 spiro atoms. The summed E-state index contributed by atoms with van der Waals surface area (Å²) in [7, 11) is 0. The van der Waals surface area contributed by atoms with E-state index in [9.17, 15) is 0 Å². The Kier molecular flexibility index (Phi) is 5.20. The normalized spacial score (nSPS) is 11.9. The number of ether oxygens (including phenoxy) is 1. The highest BCUT2D eigenvalue weighted by Gasteiger charge is 2.25. The quantitative estimate of drug-likeness (QED) is 0.217. The average molecular weight is 551 g/mol. The molecule has 8 aromatic rings. The smallest absolute Gasteiger partial charge is 0.152 e. The number of anilines is 3. The topological polar surface area (TPSA) is 17.4 Å². The van der Waals surface area contributed by atoms with Gasteiger partial charge in [-0.2, -0.15) is 0 Å². The summed E-state index contributed by atoms with van der Waals surface area (Å²) in [4.78, 5) is 2.35. The third-order valence-electron chi connectivity index (χ3n) is 8.56. The second-order valence-corrected chi connectivity index (χ2v) is 10.9. The monoisotopic (exact) mass is 550 g/mol. The molecular formula is C40H26N2O. The first-order chi connectivity index (χ1) is 21.4. The molecule has 0 saturated carbocycles. The summed E-state index contributed by atoms with van der Waals surface area (Å²) < 4.78 is 8.76. The number of para-hydroxylation sites is 5. The molecule has 0 amide bonds. The molecule has 1 aromatic heterocycles.